The molecule has 29 heavy (non-hydrogen) atoms. The zero-order chi connectivity index (χ0) is 20.5. The van der Waals surface area contributed by atoms with Crippen molar-refractivity contribution in [2.75, 3.05) is 19.7 Å². The molecule has 1 heterocycles. The van der Waals surface area contributed by atoms with Gasteiger partial charge in [-0.3, -0.25) is 4.79 Å². The van der Waals surface area contributed by atoms with E-state index in [0.29, 0.717) is 19.6 Å². The molecule has 0 spiro atoms. The van der Waals surface area contributed by atoms with Crippen LogP contribution >= 0.6 is 11.8 Å². The first-order valence-corrected chi connectivity index (χ1v) is 10.3. The van der Waals surface area contributed by atoms with E-state index in [4.69, 9.17) is 10.00 Å². The van der Waals surface area contributed by atoms with E-state index >= 15 is 0 Å². The van der Waals surface area contributed by atoms with E-state index in [-0.39, 0.29) is 5.91 Å². The van der Waals surface area contributed by atoms with Crippen molar-refractivity contribution < 1.29 is 9.53 Å². The summed E-state index contributed by atoms with van der Waals surface area (Å²) in [6.07, 6.45) is 0.746. The molecule has 148 valence electrons. The topological polar surface area (TPSA) is 97.9 Å². The number of rotatable bonds is 6. The lowest BCUT2D eigenvalue weighted by Crippen LogP contribution is -2.46. The average Bonchev–Trinajstić information content (AvgIpc) is 3.04. The van der Waals surface area contributed by atoms with Gasteiger partial charge in [0.2, 0.25) is 0 Å². The summed E-state index contributed by atoms with van der Waals surface area (Å²) < 4.78 is 5.55. The monoisotopic (exact) mass is 406 g/mol. The predicted molar refractivity (Wildman–Crippen MR) is 112 cm³/mol. The Morgan fingerprint density at radius 2 is 1.86 bits per heavy atom. The van der Waals surface area contributed by atoms with Gasteiger partial charge in [0.05, 0.1) is 6.07 Å². The van der Waals surface area contributed by atoms with Crippen LogP contribution in [0.4, 0.5) is 0 Å². The van der Waals surface area contributed by atoms with Crippen LogP contribution in [0.2, 0.25) is 0 Å². The molecule has 2 aromatic rings. The molecule has 2 N–H and O–H groups in total. The quantitative estimate of drug-likeness (QED) is 0.565. The van der Waals surface area contributed by atoms with Gasteiger partial charge in [-0.1, -0.05) is 36.4 Å². The summed E-state index contributed by atoms with van der Waals surface area (Å²) in [5.74, 6) is -0.252. The number of nitriles is 2. The van der Waals surface area contributed by atoms with Crippen molar-refractivity contribution in [1.29, 1.82) is 10.5 Å². The molecule has 1 aliphatic rings. The third-order valence-electron chi connectivity index (χ3n) is 4.66. The summed E-state index contributed by atoms with van der Waals surface area (Å²) >= 11 is 1.13. The van der Waals surface area contributed by atoms with E-state index in [2.05, 4.69) is 22.1 Å². The molecule has 0 saturated carbocycles. The predicted octanol–water partition coefficient (Wildman–Crippen LogP) is 2.86. The van der Waals surface area contributed by atoms with Crippen molar-refractivity contribution in [2.45, 2.75) is 29.9 Å². The van der Waals surface area contributed by atoms with Gasteiger partial charge in [0.15, 0.2) is 0 Å². The maximum atomic E-state index is 12.4. The summed E-state index contributed by atoms with van der Waals surface area (Å²) in [5, 5.41) is 26.2. The number of carbonyl (C=O) groups excluding carboxylic acids is 1. The number of thiocyanates is 1. The summed E-state index contributed by atoms with van der Waals surface area (Å²) in [5.41, 5.74) is 3.08. The maximum absolute atomic E-state index is 12.4. The van der Waals surface area contributed by atoms with Crippen LogP contribution in [0.5, 0.6) is 0 Å². The number of thioether (sulfide) groups is 1. The third kappa shape index (κ3) is 6.07. The fourth-order valence-electron chi connectivity index (χ4n) is 3.11. The minimum absolute atomic E-state index is 0.252. The smallest absolute Gasteiger partial charge is 0.251 e. The van der Waals surface area contributed by atoms with Crippen molar-refractivity contribution in [1.82, 2.24) is 10.6 Å². The molecule has 3 rings (SSSR count). The Morgan fingerprint density at radius 1 is 1.17 bits per heavy atom. The number of nitrogens with one attached hydrogen (secondary N) is 2. The highest BCUT2D eigenvalue weighted by atomic mass is 32.2. The van der Waals surface area contributed by atoms with Crippen LogP contribution in [0.3, 0.4) is 0 Å². The molecule has 1 aliphatic heterocycles. The molecule has 0 unspecified atom stereocenters. The van der Waals surface area contributed by atoms with Crippen molar-refractivity contribution in [2.24, 2.45) is 0 Å². The second-order valence-electron chi connectivity index (χ2n) is 6.73. The first-order chi connectivity index (χ1) is 14.2. The summed E-state index contributed by atoms with van der Waals surface area (Å²) in [6, 6.07) is 17.3. The number of carbonyl (C=O) groups is 1. The fraction of sp³-hybridized carbons (Fsp3) is 0.318. The molecule has 0 aromatic heterocycles. The Labute approximate surface area is 174 Å². The number of hydrogen-bond acceptors (Lipinski definition) is 6. The maximum Gasteiger partial charge on any atom is 0.251 e. The van der Waals surface area contributed by atoms with Gasteiger partial charge >= 0.3 is 0 Å². The van der Waals surface area contributed by atoms with Crippen LogP contribution in [0.15, 0.2) is 53.4 Å². The Kier molecular flexibility index (Phi) is 7.66. The van der Waals surface area contributed by atoms with Gasteiger partial charge in [-0.25, -0.2) is 0 Å². The van der Waals surface area contributed by atoms with E-state index in [0.717, 1.165) is 46.3 Å². The average molecular weight is 407 g/mol. The van der Waals surface area contributed by atoms with Crippen molar-refractivity contribution in [3.63, 3.8) is 0 Å². The van der Waals surface area contributed by atoms with Crippen molar-refractivity contribution in [3.05, 3.63) is 54.1 Å². The van der Waals surface area contributed by atoms with Crippen molar-refractivity contribution in [3.8, 4) is 22.6 Å². The van der Waals surface area contributed by atoms with Gasteiger partial charge in [0.25, 0.3) is 5.91 Å². The molecule has 0 aliphatic carbocycles. The van der Waals surface area contributed by atoms with E-state index in [9.17, 15) is 10.1 Å². The highest BCUT2D eigenvalue weighted by Crippen LogP contribution is 2.24. The van der Waals surface area contributed by atoms with Crippen LogP contribution < -0.4 is 10.6 Å². The standard InChI is InChI=1S/C22H22N4O2S/c23-13-19(26-22(27)21-14-25-10-1-11-28-21)12-16-2-4-17(5-3-16)18-6-8-20(9-7-18)29-15-24/h2-9,19,21,25H,1,10-12,14H2,(H,26,27)/t19-,21-/m0/s1. The van der Waals surface area contributed by atoms with Gasteiger partial charge in [-0.2, -0.15) is 10.5 Å². The van der Waals surface area contributed by atoms with Crippen molar-refractivity contribution >= 4 is 17.7 Å². The number of hydrogen-bond donors (Lipinski definition) is 2. The molecule has 6 nitrogen and oxygen atoms in total. The molecule has 2 atom stereocenters. The zero-order valence-electron chi connectivity index (χ0n) is 15.9. The molecule has 2 aromatic carbocycles. The highest BCUT2D eigenvalue weighted by molar-refractivity contribution is 8.03. The molecule has 7 heteroatoms. The molecule has 0 radical (unpaired) electrons. The Balaban J connectivity index is 1.59. The summed E-state index contributed by atoms with van der Waals surface area (Å²) in [6.45, 7) is 1.84. The van der Waals surface area contributed by atoms with E-state index in [1.165, 1.54) is 0 Å². The second-order valence-corrected chi connectivity index (χ2v) is 7.58. The van der Waals surface area contributed by atoms with E-state index in [1.54, 1.807) is 0 Å². The fourth-order valence-corrected chi connectivity index (χ4v) is 3.49. The Hall–Kier alpha value is -2.84. The van der Waals surface area contributed by atoms with Gasteiger partial charge < -0.3 is 15.4 Å². The Morgan fingerprint density at radius 3 is 2.52 bits per heavy atom. The van der Waals surface area contributed by atoms with Crippen LogP contribution in [-0.2, 0) is 16.0 Å². The highest BCUT2D eigenvalue weighted by Gasteiger charge is 2.23. The third-order valence-corrected chi connectivity index (χ3v) is 5.26. The minimum atomic E-state index is -0.609. The molecule has 0 bridgehead atoms. The molecular formula is C22H22N4O2S. The molecular weight excluding hydrogens is 384 g/mol. The molecule has 1 fully saturated rings. The van der Waals surface area contributed by atoms with Crippen LogP contribution in [0.25, 0.3) is 11.1 Å². The van der Waals surface area contributed by atoms with Gasteiger partial charge in [0, 0.05) is 24.5 Å². The lowest BCUT2D eigenvalue weighted by molar-refractivity contribution is -0.132. The zero-order valence-corrected chi connectivity index (χ0v) is 16.7. The van der Waals surface area contributed by atoms with E-state index < -0.39 is 12.1 Å². The summed E-state index contributed by atoms with van der Waals surface area (Å²) in [7, 11) is 0. The SMILES string of the molecule is N#CSc1ccc(-c2ccc(C[C@@H](C#N)NC(=O)[C@@H]3CNCCCO3)cc2)cc1. The largest absolute Gasteiger partial charge is 0.367 e. The Bertz CT molecular complexity index is 892. The molecule has 1 saturated heterocycles. The van der Waals surface area contributed by atoms with Crippen LogP contribution in [0, 0.1) is 22.0 Å². The second kappa shape index (κ2) is 10.6. The number of benzene rings is 2. The summed E-state index contributed by atoms with van der Waals surface area (Å²) in [4.78, 5) is 13.3. The first-order valence-electron chi connectivity index (χ1n) is 9.47. The van der Waals surface area contributed by atoms with Gasteiger partial charge in [-0.15, -0.1) is 0 Å². The van der Waals surface area contributed by atoms with Gasteiger partial charge in [0.1, 0.15) is 17.5 Å². The normalized spacial score (nSPS) is 17.4. The first kappa shape index (κ1) is 20.9. The lowest BCUT2D eigenvalue weighted by atomic mass is 10.0. The number of ether oxygens (including phenoxy) is 1. The van der Waals surface area contributed by atoms with Gasteiger partial charge in [-0.05, 0) is 53.6 Å². The lowest BCUT2D eigenvalue weighted by Gasteiger charge is -2.18. The molecule has 1 amide bonds. The van der Waals surface area contributed by atoms with E-state index in [1.807, 2.05) is 48.5 Å². The minimum Gasteiger partial charge on any atom is -0.367 e. The number of nitrogens with zero attached hydrogens (tertiary/aromatic N) is 2. The number of amides is 1. The van der Waals surface area contributed by atoms with Crippen LogP contribution in [0.1, 0.15) is 12.0 Å². The van der Waals surface area contributed by atoms with Crippen LogP contribution in [-0.4, -0.2) is 37.7 Å².